The molecule has 0 atom stereocenters. The van der Waals surface area contributed by atoms with Crippen LogP contribution in [0.1, 0.15) is 87.0 Å². The summed E-state index contributed by atoms with van der Waals surface area (Å²) in [7, 11) is 0. The average Bonchev–Trinajstić information content (AvgIpc) is 2.83. The van der Waals surface area contributed by atoms with Gasteiger partial charge in [-0.1, -0.05) is 31.4 Å². The van der Waals surface area contributed by atoms with E-state index >= 15 is 0 Å². The molecule has 34 heavy (non-hydrogen) atoms. The highest BCUT2D eigenvalue weighted by Gasteiger charge is 2.46. The molecule has 182 valence electrons. The van der Waals surface area contributed by atoms with E-state index in [2.05, 4.69) is 10.2 Å². The molecule has 6 nitrogen and oxygen atoms in total. The van der Waals surface area contributed by atoms with Crippen molar-refractivity contribution in [2.45, 2.75) is 88.8 Å². The summed E-state index contributed by atoms with van der Waals surface area (Å²) in [6, 6.07) is 8.98. The number of aromatic hydroxyl groups is 1. The van der Waals surface area contributed by atoms with E-state index in [-0.39, 0.29) is 22.9 Å². The van der Waals surface area contributed by atoms with E-state index in [0.29, 0.717) is 11.9 Å². The second-order valence-electron chi connectivity index (χ2n) is 11.3. The van der Waals surface area contributed by atoms with Crippen molar-refractivity contribution in [2.75, 3.05) is 13.1 Å². The van der Waals surface area contributed by atoms with Crippen LogP contribution >= 0.6 is 0 Å². The van der Waals surface area contributed by atoms with Crippen LogP contribution in [0.4, 0.5) is 0 Å². The number of hydrogen-bond acceptors (Lipinski definition) is 4. The zero-order valence-corrected chi connectivity index (χ0v) is 20.0. The monoisotopic (exact) mass is 463 g/mol. The number of hydrogen-bond donors (Lipinski definition) is 2. The molecule has 6 heteroatoms. The standard InChI is InChI=1S/C28H37N3O3/c32-26-23-9-4-5-10-24(23)31(20-7-2-1-3-8-20)28(34)25(26)27(33)29-11-6-12-30-21-14-18-13-19(16-21)17-22(30)15-18/h4-5,9-10,18-22,32H,1-3,6-8,11-17H2,(H,29,33). The number of amides is 1. The molecule has 2 aliphatic heterocycles. The van der Waals surface area contributed by atoms with E-state index in [0.717, 1.165) is 68.1 Å². The Labute approximate surface area is 201 Å². The minimum absolute atomic E-state index is 0.0861. The maximum Gasteiger partial charge on any atom is 0.267 e. The molecule has 4 bridgehead atoms. The molecule has 5 fully saturated rings. The third-order valence-electron chi connectivity index (χ3n) is 9.16. The molecule has 0 spiro atoms. The van der Waals surface area contributed by atoms with Gasteiger partial charge >= 0.3 is 0 Å². The van der Waals surface area contributed by atoms with Crippen molar-refractivity contribution in [3.63, 3.8) is 0 Å². The van der Waals surface area contributed by atoms with E-state index in [1.165, 1.54) is 38.5 Å². The first kappa shape index (κ1) is 22.1. The number of carbonyl (C=O) groups excluding carboxylic acids is 1. The first-order valence-electron chi connectivity index (χ1n) is 13.5. The molecular formula is C28H37N3O3. The summed E-state index contributed by atoms with van der Waals surface area (Å²) < 4.78 is 1.78. The number of pyridine rings is 1. The Bertz CT molecular complexity index is 1110. The van der Waals surface area contributed by atoms with Gasteiger partial charge in [-0.3, -0.25) is 14.5 Å². The lowest BCUT2D eigenvalue weighted by molar-refractivity contribution is -0.0587. The number of nitrogens with zero attached hydrogens (tertiary/aromatic N) is 2. The van der Waals surface area contributed by atoms with Crippen LogP contribution in [-0.4, -0.2) is 45.7 Å². The first-order chi connectivity index (χ1) is 16.6. The summed E-state index contributed by atoms with van der Waals surface area (Å²) in [6.45, 7) is 1.53. The predicted molar refractivity (Wildman–Crippen MR) is 133 cm³/mol. The van der Waals surface area contributed by atoms with Crippen molar-refractivity contribution >= 4 is 16.8 Å². The van der Waals surface area contributed by atoms with Crippen molar-refractivity contribution in [3.8, 4) is 5.75 Å². The van der Waals surface area contributed by atoms with Crippen LogP contribution in [0.3, 0.4) is 0 Å². The average molecular weight is 464 g/mol. The van der Waals surface area contributed by atoms with Crippen molar-refractivity contribution in [1.29, 1.82) is 0 Å². The fraction of sp³-hybridized carbons (Fsp3) is 0.643. The lowest BCUT2D eigenvalue weighted by Gasteiger charge is -2.56. The number of rotatable bonds is 6. The van der Waals surface area contributed by atoms with E-state index < -0.39 is 5.91 Å². The van der Waals surface area contributed by atoms with Gasteiger partial charge in [0, 0.05) is 36.6 Å². The van der Waals surface area contributed by atoms with Gasteiger partial charge in [0.1, 0.15) is 11.3 Å². The Morgan fingerprint density at radius 3 is 2.32 bits per heavy atom. The minimum atomic E-state index is -0.446. The van der Waals surface area contributed by atoms with Gasteiger partial charge in [0.2, 0.25) is 0 Å². The second kappa shape index (κ2) is 9.03. The number of benzene rings is 1. The molecule has 1 aromatic carbocycles. The third kappa shape index (κ3) is 3.84. The molecule has 0 unspecified atom stereocenters. The van der Waals surface area contributed by atoms with Crippen LogP contribution in [0.5, 0.6) is 5.75 Å². The third-order valence-corrected chi connectivity index (χ3v) is 9.16. The maximum absolute atomic E-state index is 13.5. The van der Waals surface area contributed by atoms with E-state index in [4.69, 9.17) is 0 Å². The van der Waals surface area contributed by atoms with Crippen LogP contribution in [-0.2, 0) is 0 Å². The van der Waals surface area contributed by atoms with Gasteiger partial charge in [0.05, 0.1) is 5.52 Å². The van der Waals surface area contributed by atoms with E-state index in [9.17, 15) is 14.7 Å². The van der Waals surface area contributed by atoms with Gasteiger partial charge in [-0.2, -0.15) is 0 Å². The molecule has 3 heterocycles. The molecule has 2 saturated heterocycles. The summed E-state index contributed by atoms with van der Waals surface area (Å²) >= 11 is 0. The zero-order valence-electron chi connectivity index (χ0n) is 20.0. The Kier molecular flexibility index (Phi) is 5.88. The SMILES string of the molecule is O=C(NCCCN1C2CC3CC(C2)CC1C3)c1c(O)c2ccccc2n(C2CCCCC2)c1=O. The highest BCUT2D eigenvalue weighted by Crippen LogP contribution is 2.49. The first-order valence-corrected chi connectivity index (χ1v) is 13.5. The van der Waals surface area contributed by atoms with Crippen LogP contribution in [0, 0.1) is 11.8 Å². The van der Waals surface area contributed by atoms with Gasteiger partial charge in [-0.15, -0.1) is 0 Å². The number of fused-ring (bicyclic) bond motifs is 1. The fourth-order valence-corrected chi connectivity index (χ4v) is 7.79. The molecule has 2 aromatic rings. The summed E-state index contributed by atoms with van der Waals surface area (Å²) in [6.07, 6.45) is 13.0. The molecule has 3 saturated carbocycles. The van der Waals surface area contributed by atoms with Gasteiger partial charge in [0.15, 0.2) is 0 Å². The number of piperidine rings is 2. The summed E-state index contributed by atoms with van der Waals surface area (Å²) in [5.41, 5.74) is 0.271. The molecule has 2 N–H and O–H groups in total. The van der Waals surface area contributed by atoms with Gasteiger partial charge in [0.25, 0.3) is 11.5 Å². The molecule has 0 radical (unpaired) electrons. The Balaban J connectivity index is 1.17. The zero-order chi connectivity index (χ0) is 23.2. The molecular weight excluding hydrogens is 426 g/mol. The Morgan fingerprint density at radius 1 is 0.941 bits per heavy atom. The summed E-state index contributed by atoms with van der Waals surface area (Å²) in [5, 5.41) is 14.5. The number of aromatic nitrogens is 1. The fourth-order valence-electron chi connectivity index (χ4n) is 7.79. The molecule has 3 aliphatic carbocycles. The van der Waals surface area contributed by atoms with Crippen LogP contribution < -0.4 is 10.9 Å². The molecule has 1 amide bonds. The quantitative estimate of drug-likeness (QED) is 0.614. The molecule has 7 rings (SSSR count). The van der Waals surface area contributed by atoms with Crippen LogP contribution in [0.2, 0.25) is 0 Å². The highest BCUT2D eigenvalue weighted by atomic mass is 16.3. The van der Waals surface area contributed by atoms with Gasteiger partial charge < -0.3 is 15.0 Å². The molecule has 5 aliphatic rings. The predicted octanol–water partition coefficient (Wildman–Crippen LogP) is 4.60. The van der Waals surface area contributed by atoms with Gasteiger partial charge in [-0.05, 0) is 75.3 Å². The normalized spacial score (nSPS) is 29.1. The highest BCUT2D eigenvalue weighted by molar-refractivity contribution is 6.02. The van der Waals surface area contributed by atoms with Crippen molar-refractivity contribution in [3.05, 3.63) is 40.2 Å². The van der Waals surface area contributed by atoms with E-state index in [1.54, 1.807) is 10.6 Å². The van der Waals surface area contributed by atoms with Crippen molar-refractivity contribution < 1.29 is 9.90 Å². The number of nitrogens with one attached hydrogen (secondary N) is 1. The number of para-hydroxylation sites is 1. The van der Waals surface area contributed by atoms with E-state index in [1.807, 2.05) is 18.2 Å². The Morgan fingerprint density at radius 2 is 1.62 bits per heavy atom. The van der Waals surface area contributed by atoms with Gasteiger partial charge in [-0.25, -0.2) is 0 Å². The second-order valence-corrected chi connectivity index (χ2v) is 11.3. The van der Waals surface area contributed by atoms with Crippen molar-refractivity contribution in [1.82, 2.24) is 14.8 Å². The lowest BCUT2D eigenvalue weighted by atomic mass is 9.63. The molecule has 1 aromatic heterocycles. The topological polar surface area (TPSA) is 74.6 Å². The lowest BCUT2D eigenvalue weighted by Crippen LogP contribution is -2.58. The van der Waals surface area contributed by atoms with Crippen LogP contribution in [0.25, 0.3) is 10.9 Å². The number of carbonyl (C=O) groups is 1. The van der Waals surface area contributed by atoms with Crippen LogP contribution in [0.15, 0.2) is 29.1 Å². The summed E-state index contributed by atoms with van der Waals surface area (Å²) in [4.78, 5) is 29.4. The smallest absolute Gasteiger partial charge is 0.267 e. The maximum atomic E-state index is 13.5. The summed E-state index contributed by atoms with van der Waals surface area (Å²) in [5.74, 6) is 1.26. The largest absolute Gasteiger partial charge is 0.506 e. The minimum Gasteiger partial charge on any atom is -0.506 e. The Hall–Kier alpha value is -2.34. The van der Waals surface area contributed by atoms with Crippen molar-refractivity contribution in [2.24, 2.45) is 11.8 Å².